The molecule has 0 saturated carbocycles. The van der Waals surface area contributed by atoms with Crippen molar-refractivity contribution in [3.05, 3.63) is 47.0 Å². The van der Waals surface area contributed by atoms with Crippen LogP contribution in [-0.2, 0) is 22.3 Å². The lowest BCUT2D eigenvalue weighted by atomic mass is 10.1. The summed E-state index contributed by atoms with van der Waals surface area (Å²) in [6.07, 6.45) is -2.12. The Morgan fingerprint density at radius 3 is 2.67 bits per heavy atom. The van der Waals surface area contributed by atoms with Gasteiger partial charge in [0.15, 0.2) is 0 Å². The van der Waals surface area contributed by atoms with Crippen LogP contribution in [0.4, 0.5) is 13.2 Å². The van der Waals surface area contributed by atoms with Crippen molar-refractivity contribution in [1.29, 1.82) is 0 Å². The molecule has 0 unspecified atom stereocenters. The minimum atomic E-state index is -4.34. The monoisotopic (exact) mass is 301 g/mol. The fourth-order valence-electron chi connectivity index (χ4n) is 1.77. The first-order valence-electron chi connectivity index (χ1n) is 6.52. The van der Waals surface area contributed by atoms with E-state index >= 15 is 0 Å². The molecule has 0 aliphatic carbocycles. The van der Waals surface area contributed by atoms with Crippen LogP contribution >= 0.6 is 0 Å². The van der Waals surface area contributed by atoms with E-state index in [2.05, 4.69) is 10.1 Å². The van der Waals surface area contributed by atoms with Crippen LogP contribution in [0.5, 0.6) is 0 Å². The zero-order chi connectivity index (χ0) is 15.9. The number of hydrogen-bond acceptors (Lipinski definition) is 3. The molecule has 1 aromatic rings. The summed E-state index contributed by atoms with van der Waals surface area (Å²) < 4.78 is 42.3. The molecule has 0 bridgehead atoms. The lowest BCUT2D eigenvalue weighted by Gasteiger charge is -2.09. The van der Waals surface area contributed by atoms with E-state index in [4.69, 9.17) is 0 Å². The molecule has 0 fully saturated rings. The van der Waals surface area contributed by atoms with E-state index in [1.165, 1.54) is 13.2 Å². The Morgan fingerprint density at radius 1 is 1.38 bits per heavy atom. The van der Waals surface area contributed by atoms with Crippen LogP contribution in [0.25, 0.3) is 0 Å². The number of hydrogen-bond donors (Lipinski definition) is 1. The van der Waals surface area contributed by atoms with Gasteiger partial charge in [0.05, 0.1) is 12.7 Å². The Kier molecular flexibility index (Phi) is 6.42. The van der Waals surface area contributed by atoms with Crippen LogP contribution in [0.2, 0.25) is 0 Å². The molecule has 116 valence electrons. The van der Waals surface area contributed by atoms with Gasteiger partial charge in [-0.1, -0.05) is 31.2 Å². The van der Waals surface area contributed by atoms with Gasteiger partial charge in [0.1, 0.15) is 0 Å². The Bertz CT molecular complexity index is 510. The van der Waals surface area contributed by atoms with Crippen LogP contribution in [0.3, 0.4) is 0 Å². The molecule has 0 saturated heterocycles. The summed E-state index contributed by atoms with van der Waals surface area (Å²) in [5.41, 5.74) is 0.407. The second kappa shape index (κ2) is 7.83. The third-order valence-corrected chi connectivity index (χ3v) is 2.90. The minimum absolute atomic E-state index is 0.290. The Labute approximate surface area is 121 Å². The zero-order valence-corrected chi connectivity index (χ0v) is 12.0. The van der Waals surface area contributed by atoms with E-state index in [1.54, 1.807) is 12.1 Å². The van der Waals surface area contributed by atoms with Gasteiger partial charge in [-0.15, -0.1) is 0 Å². The highest BCUT2D eigenvalue weighted by molar-refractivity contribution is 5.88. The van der Waals surface area contributed by atoms with Gasteiger partial charge in [-0.3, -0.25) is 0 Å². The highest BCUT2D eigenvalue weighted by Gasteiger charge is 2.30. The lowest BCUT2D eigenvalue weighted by Crippen LogP contribution is -2.15. The first kappa shape index (κ1) is 17.2. The standard InChI is InChI=1S/C15H18F3NO2/c1-3-12(14(20)21-2)7-8-19-10-11-5-4-6-13(9-11)15(16,17)18/h4-7,9,19H,3,8,10H2,1-2H3/b12-7-. The largest absolute Gasteiger partial charge is 0.466 e. The number of esters is 1. The topological polar surface area (TPSA) is 38.3 Å². The Hall–Kier alpha value is -1.82. The minimum Gasteiger partial charge on any atom is -0.466 e. The maximum Gasteiger partial charge on any atom is 0.416 e. The normalized spacial score (nSPS) is 12.3. The second-order valence-corrected chi connectivity index (χ2v) is 4.40. The molecule has 6 heteroatoms. The average Bonchev–Trinajstić information content (AvgIpc) is 2.46. The lowest BCUT2D eigenvalue weighted by molar-refractivity contribution is -0.138. The smallest absolute Gasteiger partial charge is 0.416 e. The zero-order valence-electron chi connectivity index (χ0n) is 12.0. The molecule has 1 rings (SSSR count). The van der Waals surface area contributed by atoms with E-state index in [1.807, 2.05) is 6.92 Å². The fourth-order valence-corrected chi connectivity index (χ4v) is 1.77. The number of ether oxygens (including phenoxy) is 1. The number of benzene rings is 1. The summed E-state index contributed by atoms with van der Waals surface area (Å²) >= 11 is 0. The van der Waals surface area contributed by atoms with Gasteiger partial charge in [-0.25, -0.2) is 4.79 Å². The molecule has 0 amide bonds. The highest BCUT2D eigenvalue weighted by Crippen LogP contribution is 2.29. The number of rotatable bonds is 6. The van der Waals surface area contributed by atoms with Crippen molar-refractivity contribution < 1.29 is 22.7 Å². The van der Waals surface area contributed by atoms with E-state index in [0.29, 0.717) is 30.6 Å². The van der Waals surface area contributed by atoms with Crippen molar-refractivity contribution >= 4 is 5.97 Å². The third kappa shape index (κ3) is 5.59. The van der Waals surface area contributed by atoms with Gasteiger partial charge in [0.2, 0.25) is 0 Å². The Morgan fingerprint density at radius 2 is 2.10 bits per heavy atom. The van der Waals surface area contributed by atoms with E-state index in [9.17, 15) is 18.0 Å². The highest BCUT2D eigenvalue weighted by atomic mass is 19.4. The van der Waals surface area contributed by atoms with Crippen molar-refractivity contribution in [2.75, 3.05) is 13.7 Å². The van der Waals surface area contributed by atoms with Crippen molar-refractivity contribution in [3.63, 3.8) is 0 Å². The molecule has 0 spiro atoms. The third-order valence-electron chi connectivity index (χ3n) is 2.90. The first-order chi connectivity index (χ1) is 9.88. The summed E-state index contributed by atoms with van der Waals surface area (Å²) in [5, 5.41) is 2.97. The first-order valence-corrected chi connectivity index (χ1v) is 6.52. The molecule has 0 atom stereocenters. The average molecular weight is 301 g/mol. The summed E-state index contributed by atoms with van der Waals surface area (Å²) in [6.45, 7) is 2.50. The van der Waals surface area contributed by atoms with Crippen molar-refractivity contribution in [2.24, 2.45) is 0 Å². The van der Waals surface area contributed by atoms with Crippen LogP contribution in [0.15, 0.2) is 35.9 Å². The second-order valence-electron chi connectivity index (χ2n) is 4.40. The van der Waals surface area contributed by atoms with Crippen LogP contribution in [-0.4, -0.2) is 19.6 Å². The van der Waals surface area contributed by atoms with Crippen LogP contribution in [0.1, 0.15) is 24.5 Å². The van der Waals surface area contributed by atoms with Crippen LogP contribution < -0.4 is 5.32 Å². The Balaban J connectivity index is 2.57. The molecule has 21 heavy (non-hydrogen) atoms. The van der Waals surface area contributed by atoms with Gasteiger partial charge in [0.25, 0.3) is 0 Å². The van der Waals surface area contributed by atoms with Crippen LogP contribution in [0, 0.1) is 0 Å². The number of methoxy groups -OCH3 is 1. The predicted molar refractivity (Wildman–Crippen MR) is 73.5 cm³/mol. The summed E-state index contributed by atoms with van der Waals surface area (Å²) in [7, 11) is 1.31. The number of carbonyl (C=O) groups excluding carboxylic acids is 1. The maximum atomic E-state index is 12.6. The predicted octanol–water partition coefficient (Wildman–Crippen LogP) is 3.30. The fraction of sp³-hybridized carbons (Fsp3) is 0.400. The summed E-state index contributed by atoms with van der Waals surface area (Å²) in [5.74, 6) is -0.390. The van der Waals surface area contributed by atoms with Gasteiger partial charge in [-0.2, -0.15) is 13.2 Å². The summed E-state index contributed by atoms with van der Waals surface area (Å²) in [4.78, 5) is 11.3. The van der Waals surface area contributed by atoms with Gasteiger partial charge in [-0.05, 0) is 18.1 Å². The number of nitrogens with one attached hydrogen (secondary N) is 1. The van der Waals surface area contributed by atoms with E-state index < -0.39 is 17.7 Å². The molecule has 1 aromatic carbocycles. The van der Waals surface area contributed by atoms with E-state index in [0.717, 1.165) is 12.1 Å². The molecule has 3 nitrogen and oxygen atoms in total. The molecule has 0 heterocycles. The van der Waals surface area contributed by atoms with Gasteiger partial charge < -0.3 is 10.1 Å². The molecular formula is C15H18F3NO2. The quantitative estimate of drug-likeness (QED) is 0.498. The molecule has 1 N–H and O–H groups in total. The summed E-state index contributed by atoms with van der Waals surface area (Å²) in [6, 6.07) is 5.14. The molecule has 0 aromatic heterocycles. The SMILES string of the molecule is CC/C(=C/CNCc1cccc(C(F)(F)F)c1)C(=O)OC. The number of alkyl halides is 3. The van der Waals surface area contributed by atoms with Gasteiger partial charge >= 0.3 is 12.1 Å². The van der Waals surface area contributed by atoms with E-state index in [-0.39, 0.29) is 0 Å². The molecular weight excluding hydrogens is 283 g/mol. The maximum absolute atomic E-state index is 12.6. The van der Waals surface area contributed by atoms with Gasteiger partial charge in [0, 0.05) is 18.7 Å². The van der Waals surface area contributed by atoms with Crippen molar-refractivity contribution in [3.8, 4) is 0 Å². The van der Waals surface area contributed by atoms with Crippen molar-refractivity contribution in [2.45, 2.75) is 26.1 Å². The molecule has 0 aliphatic rings. The van der Waals surface area contributed by atoms with Crippen molar-refractivity contribution in [1.82, 2.24) is 5.32 Å². The molecule has 0 aliphatic heterocycles. The number of halogens is 3. The number of carbonyl (C=O) groups is 1. The molecule has 0 radical (unpaired) electrons.